The van der Waals surface area contributed by atoms with Crippen molar-refractivity contribution in [2.75, 3.05) is 25.0 Å². The van der Waals surface area contributed by atoms with Crippen molar-refractivity contribution >= 4 is 30.8 Å². The highest BCUT2D eigenvalue weighted by atomic mass is 32.2. The van der Waals surface area contributed by atoms with E-state index in [4.69, 9.17) is 15.1 Å². The molecule has 41 heavy (non-hydrogen) atoms. The maximum atomic E-state index is 10.2. The van der Waals surface area contributed by atoms with E-state index in [0.717, 1.165) is 83.9 Å². The van der Waals surface area contributed by atoms with E-state index in [1.54, 1.807) is 6.42 Å². The Morgan fingerprint density at radius 1 is 1.02 bits per heavy atom. The molecule has 4 aliphatic carbocycles. The minimum absolute atomic E-state index is 0.606. The second-order valence-electron chi connectivity index (χ2n) is 13.9. The molecule has 1 aromatic rings. The number of nitrogens with two attached hydrogens (primary N) is 1. The molecule has 0 aromatic heterocycles. The summed E-state index contributed by atoms with van der Waals surface area (Å²) in [4.78, 5) is 21.1. The van der Waals surface area contributed by atoms with Crippen LogP contribution >= 0.6 is 12.0 Å². The van der Waals surface area contributed by atoms with Gasteiger partial charge in [0.15, 0.2) is 0 Å². The minimum Gasteiger partial charge on any atom is -0.375 e. The molecule has 8 atom stereocenters. The van der Waals surface area contributed by atoms with Crippen LogP contribution < -0.4 is 10.6 Å². The maximum absolute atomic E-state index is 10.2. The van der Waals surface area contributed by atoms with Crippen LogP contribution in [0.5, 0.6) is 0 Å². The number of nitrogens with zero attached hydrogens (tertiary/aromatic N) is 1. The molecule has 1 aromatic carbocycles. The van der Waals surface area contributed by atoms with Gasteiger partial charge in [-0.1, -0.05) is 40.0 Å². The number of fused-ring (bicyclic) bond motifs is 5. The van der Waals surface area contributed by atoms with Crippen LogP contribution in [0.4, 0.5) is 5.69 Å². The zero-order valence-electron chi connectivity index (χ0n) is 26.4. The number of anilines is 1. The average molecular weight is 587 g/mol. The molecule has 4 fully saturated rings. The Balaban J connectivity index is 0.000000236. The molecule has 4 aliphatic rings. The molecule has 6 heteroatoms. The Hall–Kier alpha value is -1.37. The first kappa shape index (κ1) is 34.1. The zero-order valence-corrected chi connectivity index (χ0v) is 27.2. The number of benzene rings is 1. The number of rotatable bonds is 9. The zero-order chi connectivity index (χ0) is 30.0. The van der Waals surface area contributed by atoms with Gasteiger partial charge < -0.3 is 24.8 Å². The summed E-state index contributed by atoms with van der Waals surface area (Å²) in [6, 6.07) is 7.66. The van der Waals surface area contributed by atoms with Gasteiger partial charge >= 0.3 is 0 Å². The molecular formula is C35H58N2O3S. The van der Waals surface area contributed by atoms with E-state index in [1.807, 2.05) is 38.1 Å². The standard InChI is InChI=1S/C23H41N.C11H15NO2S.CH2O/c1-4-16-15-18-20-9-8-17(11-14-24)22(20,2)13-10-21(18)23(3)12-6-5-7-19(16)23;1-12(8-2-3-9-13)10-4-6-11(15-14)7-5-10;1-2/h16-21H,4-15,24H2,1-3H3;4-7,9,14H,2-3,8H2,1H3;1H2/t16-,17+,18?,19?,20?,21-,22?,23?;;/m0../s1. The maximum Gasteiger partial charge on any atom is 0.120 e. The first-order chi connectivity index (χ1) is 19.8. The van der Waals surface area contributed by atoms with Crippen molar-refractivity contribution in [2.24, 2.45) is 52.1 Å². The van der Waals surface area contributed by atoms with Gasteiger partial charge in [0.1, 0.15) is 13.1 Å². The van der Waals surface area contributed by atoms with E-state index in [2.05, 4.69) is 25.7 Å². The van der Waals surface area contributed by atoms with Gasteiger partial charge in [-0.15, -0.1) is 0 Å². The van der Waals surface area contributed by atoms with Crippen molar-refractivity contribution in [1.82, 2.24) is 0 Å². The van der Waals surface area contributed by atoms with Crippen LogP contribution in [0.15, 0.2) is 29.2 Å². The summed E-state index contributed by atoms with van der Waals surface area (Å²) in [6.45, 7) is 11.6. The van der Waals surface area contributed by atoms with Crippen molar-refractivity contribution in [3.05, 3.63) is 24.3 Å². The molecule has 232 valence electrons. The first-order valence-electron chi connectivity index (χ1n) is 16.4. The molecule has 5 unspecified atom stereocenters. The van der Waals surface area contributed by atoms with Crippen LogP contribution in [-0.4, -0.2) is 37.8 Å². The SMILES string of the molecule is C=O.CC[C@H]1CC2C3CC[C@H](CCN)C3(C)CC[C@@H]2C2(C)CCCCC12.CN(CCCC=O)c1ccc(SO)cc1. The molecule has 0 spiro atoms. The molecular weight excluding hydrogens is 528 g/mol. The van der Waals surface area contributed by atoms with Crippen molar-refractivity contribution < 1.29 is 14.1 Å². The monoisotopic (exact) mass is 586 g/mol. The molecule has 5 rings (SSSR count). The third-order valence-corrected chi connectivity index (χ3v) is 12.7. The second-order valence-corrected chi connectivity index (χ2v) is 14.5. The molecule has 0 bridgehead atoms. The van der Waals surface area contributed by atoms with Crippen LogP contribution in [0.3, 0.4) is 0 Å². The lowest BCUT2D eigenvalue weighted by molar-refractivity contribution is -0.135. The Labute approximate surface area is 255 Å². The summed E-state index contributed by atoms with van der Waals surface area (Å²) < 4.78 is 8.80. The van der Waals surface area contributed by atoms with Gasteiger partial charge in [-0.3, -0.25) is 0 Å². The van der Waals surface area contributed by atoms with Crippen LogP contribution in [0.25, 0.3) is 0 Å². The topological polar surface area (TPSA) is 83.6 Å². The number of unbranched alkanes of at least 4 members (excludes halogenated alkanes) is 1. The van der Waals surface area contributed by atoms with E-state index in [0.29, 0.717) is 17.3 Å². The van der Waals surface area contributed by atoms with Gasteiger partial charge in [0.05, 0.1) is 0 Å². The average Bonchev–Trinajstić information content (AvgIpc) is 3.34. The van der Waals surface area contributed by atoms with Crippen molar-refractivity contribution in [3.63, 3.8) is 0 Å². The second kappa shape index (κ2) is 15.9. The Bertz CT molecular complexity index is 928. The number of carbonyl (C=O) groups excluding carboxylic acids is 2. The van der Waals surface area contributed by atoms with Crippen molar-refractivity contribution in [2.45, 2.75) is 109 Å². The van der Waals surface area contributed by atoms with Crippen molar-refractivity contribution in [3.8, 4) is 0 Å². The van der Waals surface area contributed by atoms with Gasteiger partial charge in [0.25, 0.3) is 0 Å². The highest BCUT2D eigenvalue weighted by Gasteiger charge is 2.60. The Morgan fingerprint density at radius 2 is 1.73 bits per heavy atom. The minimum atomic E-state index is 0.606. The van der Waals surface area contributed by atoms with E-state index >= 15 is 0 Å². The largest absolute Gasteiger partial charge is 0.375 e. The fourth-order valence-corrected chi connectivity index (χ4v) is 10.4. The number of hydrogen-bond donors (Lipinski definition) is 2. The summed E-state index contributed by atoms with van der Waals surface area (Å²) in [6.07, 6.45) is 18.8. The van der Waals surface area contributed by atoms with E-state index in [1.165, 1.54) is 64.2 Å². The quantitative estimate of drug-likeness (QED) is 0.171. The van der Waals surface area contributed by atoms with Gasteiger partial charge in [0.2, 0.25) is 0 Å². The molecule has 3 N–H and O–H groups in total. The fraction of sp³-hybridized carbons (Fsp3) is 0.771. The van der Waals surface area contributed by atoms with Crippen LogP contribution in [0.2, 0.25) is 0 Å². The normalized spacial score (nSPS) is 35.4. The molecule has 0 aliphatic heterocycles. The van der Waals surface area contributed by atoms with Gasteiger partial charge in [0, 0.05) is 42.6 Å². The molecule has 0 radical (unpaired) electrons. The summed E-state index contributed by atoms with van der Waals surface area (Å²) in [5.74, 6) is 6.08. The van der Waals surface area contributed by atoms with E-state index < -0.39 is 0 Å². The van der Waals surface area contributed by atoms with Gasteiger partial charge in [-0.2, -0.15) is 0 Å². The molecule has 0 heterocycles. The van der Waals surface area contributed by atoms with Crippen LogP contribution in [-0.2, 0) is 9.59 Å². The first-order valence-corrected chi connectivity index (χ1v) is 17.1. The predicted octanol–water partition coefficient (Wildman–Crippen LogP) is 8.50. The van der Waals surface area contributed by atoms with Gasteiger partial charge in [-0.25, -0.2) is 0 Å². The lowest BCUT2D eigenvalue weighted by Crippen LogP contribution is -2.55. The number of aldehydes is 1. The van der Waals surface area contributed by atoms with Crippen LogP contribution in [0.1, 0.15) is 104 Å². The molecule has 0 saturated heterocycles. The summed E-state index contributed by atoms with van der Waals surface area (Å²) in [5, 5.41) is 0. The van der Waals surface area contributed by atoms with Gasteiger partial charge in [-0.05, 0) is 135 Å². The third kappa shape index (κ3) is 7.41. The highest BCUT2D eigenvalue weighted by Crippen LogP contribution is 2.69. The smallest absolute Gasteiger partial charge is 0.120 e. The summed E-state index contributed by atoms with van der Waals surface area (Å²) in [7, 11) is 1.99. The lowest BCUT2D eigenvalue weighted by Gasteiger charge is -2.62. The van der Waals surface area contributed by atoms with E-state index in [9.17, 15) is 4.79 Å². The van der Waals surface area contributed by atoms with Crippen molar-refractivity contribution in [1.29, 1.82) is 0 Å². The summed E-state index contributed by atoms with van der Waals surface area (Å²) in [5.41, 5.74) is 8.37. The summed E-state index contributed by atoms with van der Waals surface area (Å²) >= 11 is 0.746. The lowest BCUT2D eigenvalue weighted by atomic mass is 9.42. The molecule has 4 saturated carbocycles. The third-order valence-electron chi connectivity index (χ3n) is 12.2. The molecule has 0 amide bonds. The predicted molar refractivity (Wildman–Crippen MR) is 173 cm³/mol. The fourth-order valence-electron chi connectivity index (χ4n) is 10.1. The van der Waals surface area contributed by atoms with Crippen LogP contribution in [0, 0.1) is 46.3 Å². The number of carbonyl (C=O) groups is 2. The Kier molecular flexibility index (Phi) is 13.2. The number of hydrogen-bond acceptors (Lipinski definition) is 6. The van der Waals surface area contributed by atoms with E-state index in [-0.39, 0.29) is 0 Å². The molecule has 5 nitrogen and oxygen atoms in total. The Morgan fingerprint density at radius 3 is 2.37 bits per heavy atom. The highest BCUT2D eigenvalue weighted by molar-refractivity contribution is 7.93.